The highest BCUT2D eigenvalue weighted by Gasteiger charge is 2.32. The number of aromatic nitrogens is 4. The number of rotatable bonds is 5. The summed E-state index contributed by atoms with van der Waals surface area (Å²) in [6, 6.07) is 17.6. The highest BCUT2D eigenvalue weighted by molar-refractivity contribution is 5.68. The maximum Gasteiger partial charge on any atom is 0.410 e. The van der Waals surface area contributed by atoms with Gasteiger partial charge >= 0.3 is 6.09 Å². The van der Waals surface area contributed by atoms with Gasteiger partial charge in [0, 0.05) is 51.9 Å². The molecule has 3 aliphatic rings. The van der Waals surface area contributed by atoms with E-state index in [0.29, 0.717) is 6.04 Å². The number of fused-ring (bicyclic) bond motifs is 1. The van der Waals surface area contributed by atoms with E-state index in [1.54, 1.807) is 12.1 Å². The zero-order valence-electron chi connectivity index (χ0n) is 27.0. The molecule has 0 aliphatic carbocycles. The summed E-state index contributed by atoms with van der Waals surface area (Å²) >= 11 is 0. The van der Waals surface area contributed by atoms with Crippen molar-refractivity contribution in [2.75, 3.05) is 55.6 Å². The maximum atomic E-state index is 14.0. The van der Waals surface area contributed by atoms with Crippen LogP contribution in [0.2, 0.25) is 0 Å². The summed E-state index contributed by atoms with van der Waals surface area (Å²) in [6.07, 6.45) is 5.56. The number of piperidine rings is 1. The standard InChI is InChI=1S/C35H43FN8O2/c1-35(2,3)46-34(45)42-17-14-27(15-18-42)40-19-21-41(22-20-40)32-11-5-9-28(38-32)30-24-37-31-12-13-33(39-44(30)31)43-16-6-10-29(43)25-7-4-8-26(36)23-25/h4-5,7-9,11-13,23-24,27,29H,6,10,14-22H2,1-3H3/t29-/m1/s1. The fourth-order valence-electron chi connectivity index (χ4n) is 7.09. The first-order valence-corrected chi connectivity index (χ1v) is 16.5. The molecule has 242 valence electrons. The molecule has 1 atom stereocenters. The fraction of sp³-hybridized carbons (Fsp3) is 0.486. The molecule has 0 N–H and O–H groups in total. The number of likely N-dealkylation sites (tertiary alicyclic amines) is 1. The zero-order valence-corrected chi connectivity index (χ0v) is 27.0. The van der Waals surface area contributed by atoms with Crippen molar-refractivity contribution in [3.05, 3.63) is 72.2 Å². The van der Waals surface area contributed by atoms with E-state index in [-0.39, 0.29) is 18.0 Å². The SMILES string of the molecule is CC(C)(C)OC(=O)N1CCC(N2CCN(c3cccc(-c4cnc5ccc(N6CCC[C@@H]6c6cccc(F)c6)nn45)n3)CC2)CC1. The lowest BCUT2D eigenvalue weighted by atomic mass is 10.0. The van der Waals surface area contributed by atoms with Gasteiger partial charge in [0.05, 0.1) is 17.9 Å². The molecule has 11 heteroatoms. The van der Waals surface area contributed by atoms with Gasteiger partial charge in [-0.05, 0) is 88.4 Å². The minimum absolute atomic E-state index is 0.0882. The molecule has 1 aromatic carbocycles. The molecule has 0 bridgehead atoms. The van der Waals surface area contributed by atoms with Gasteiger partial charge in [-0.15, -0.1) is 5.10 Å². The summed E-state index contributed by atoms with van der Waals surface area (Å²) in [5.41, 5.74) is 2.94. The number of carbonyl (C=O) groups is 1. The summed E-state index contributed by atoms with van der Waals surface area (Å²) in [5, 5.41) is 5.02. The molecule has 3 saturated heterocycles. The number of anilines is 2. The third-order valence-corrected chi connectivity index (χ3v) is 9.40. The molecule has 0 radical (unpaired) electrons. The molecule has 46 heavy (non-hydrogen) atoms. The smallest absolute Gasteiger partial charge is 0.410 e. The first-order valence-electron chi connectivity index (χ1n) is 16.5. The lowest BCUT2D eigenvalue weighted by Crippen LogP contribution is -2.54. The van der Waals surface area contributed by atoms with Gasteiger partial charge in [0.1, 0.15) is 28.7 Å². The lowest BCUT2D eigenvalue weighted by Gasteiger charge is -2.43. The van der Waals surface area contributed by atoms with E-state index >= 15 is 0 Å². The van der Waals surface area contributed by atoms with Crippen molar-refractivity contribution in [3.63, 3.8) is 0 Å². The fourth-order valence-corrected chi connectivity index (χ4v) is 7.09. The Kier molecular flexibility index (Phi) is 8.27. The van der Waals surface area contributed by atoms with E-state index in [0.717, 1.165) is 106 Å². The van der Waals surface area contributed by atoms with Gasteiger partial charge in [0.15, 0.2) is 5.65 Å². The van der Waals surface area contributed by atoms with E-state index in [9.17, 15) is 9.18 Å². The molecule has 0 unspecified atom stereocenters. The minimum Gasteiger partial charge on any atom is -0.444 e. The summed E-state index contributed by atoms with van der Waals surface area (Å²) in [6.45, 7) is 11.8. The van der Waals surface area contributed by atoms with Crippen LogP contribution in [0, 0.1) is 5.82 Å². The van der Waals surface area contributed by atoms with Crippen LogP contribution in [0.25, 0.3) is 17.0 Å². The largest absolute Gasteiger partial charge is 0.444 e. The van der Waals surface area contributed by atoms with Crippen molar-refractivity contribution >= 4 is 23.4 Å². The Morgan fingerprint density at radius 2 is 1.67 bits per heavy atom. The Hall–Kier alpha value is -4.25. The topological polar surface area (TPSA) is 82.3 Å². The average molecular weight is 627 g/mol. The predicted molar refractivity (Wildman–Crippen MR) is 177 cm³/mol. The molecule has 0 saturated carbocycles. The molecular weight excluding hydrogens is 583 g/mol. The van der Waals surface area contributed by atoms with Crippen LogP contribution in [0.3, 0.4) is 0 Å². The normalized spacial score (nSPS) is 20.1. The quantitative estimate of drug-likeness (QED) is 0.275. The van der Waals surface area contributed by atoms with Gasteiger partial charge in [0.2, 0.25) is 0 Å². The molecule has 3 aromatic heterocycles. The van der Waals surface area contributed by atoms with Crippen molar-refractivity contribution in [1.82, 2.24) is 29.4 Å². The number of amides is 1. The van der Waals surface area contributed by atoms with Gasteiger partial charge in [-0.1, -0.05) is 18.2 Å². The Morgan fingerprint density at radius 3 is 2.43 bits per heavy atom. The number of carbonyl (C=O) groups excluding carboxylic acids is 1. The Labute approximate surface area is 269 Å². The minimum atomic E-state index is -0.469. The van der Waals surface area contributed by atoms with E-state index in [4.69, 9.17) is 14.8 Å². The van der Waals surface area contributed by atoms with E-state index in [1.807, 2.05) is 60.6 Å². The lowest BCUT2D eigenvalue weighted by molar-refractivity contribution is 0.0140. The Bertz CT molecular complexity index is 1690. The van der Waals surface area contributed by atoms with Gasteiger partial charge in [-0.25, -0.2) is 23.7 Å². The number of pyridine rings is 1. The molecule has 4 aromatic rings. The molecular formula is C35H43FN8O2. The molecule has 6 heterocycles. The van der Waals surface area contributed by atoms with Crippen LogP contribution in [0.15, 0.2) is 60.8 Å². The summed E-state index contributed by atoms with van der Waals surface area (Å²) in [4.78, 5) is 31.2. The second kappa shape index (κ2) is 12.5. The number of piperazine rings is 1. The van der Waals surface area contributed by atoms with Crippen molar-refractivity contribution in [2.24, 2.45) is 0 Å². The number of hydrogen-bond acceptors (Lipinski definition) is 8. The van der Waals surface area contributed by atoms with Crippen LogP contribution < -0.4 is 9.80 Å². The van der Waals surface area contributed by atoms with Crippen LogP contribution in [0.1, 0.15) is 58.1 Å². The maximum absolute atomic E-state index is 14.0. The van der Waals surface area contributed by atoms with Gasteiger partial charge in [0.25, 0.3) is 0 Å². The average Bonchev–Trinajstić information content (AvgIpc) is 3.72. The van der Waals surface area contributed by atoms with Crippen molar-refractivity contribution < 1.29 is 13.9 Å². The molecule has 10 nitrogen and oxygen atoms in total. The number of benzene rings is 1. The molecule has 3 aliphatic heterocycles. The van der Waals surface area contributed by atoms with Crippen LogP contribution in [0.5, 0.6) is 0 Å². The second-order valence-electron chi connectivity index (χ2n) is 13.6. The molecule has 0 spiro atoms. The number of nitrogens with zero attached hydrogens (tertiary/aromatic N) is 8. The van der Waals surface area contributed by atoms with E-state index in [2.05, 4.69) is 31.8 Å². The first kappa shape index (κ1) is 30.4. The first-order chi connectivity index (χ1) is 22.2. The number of hydrogen-bond donors (Lipinski definition) is 0. The number of halogens is 1. The molecule has 1 amide bonds. The van der Waals surface area contributed by atoms with Crippen LogP contribution >= 0.6 is 0 Å². The van der Waals surface area contributed by atoms with Gasteiger partial charge in [-0.3, -0.25) is 4.90 Å². The zero-order chi connectivity index (χ0) is 31.8. The van der Waals surface area contributed by atoms with Crippen LogP contribution in [0.4, 0.5) is 20.8 Å². The van der Waals surface area contributed by atoms with Gasteiger partial charge in [-0.2, -0.15) is 0 Å². The highest BCUT2D eigenvalue weighted by atomic mass is 19.1. The van der Waals surface area contributed by atoms with Crippen LogP contribution in [-0.4, -0.2) is 92.9 Å². The summed E-state index contributed by atoms with van der Waals surface area (Å²) in [5.74, 6) is 1.59. The van der Waals surface area contributed by atoms with Crippen molar-refractivity contribution in [2.45, 2.75) is 64.1 Å². The highest BCUT2D eigenvalue weighted by Crippen LogP contribution is 2.36. The summed E-state index contributed by atoms with van der Waals surface area (Å²) < 4.78 is 21.5. The Morgan fingerprint density at radius 1 is 0.891 bits per heavy atom. The number of imidazole rings is 1. The monoisotopic (exact) mass is 626 g/mol. The van der Waals surface area contributed by atoms with E-state index < -0.39 is 5.60 Å². The molecule has 7 rings (SSSR count). The Balaban J connectivity index is 1.02. The van der Waals surface area contributed by atoms with E-state index in [1.165, 1.54) is 6.07 Å². The number of ether oxygens (including phenoxy) is 1. The third-order valence-electron chi connectivity index (χ3n) is 9.40. The second-order valence-corrected chi connectivity index (χ2v) is 13.6. The van der Waals surface area contributed by atoms with Gasteiger partial charge < -0.3 is 19.4 Å². The van der Waals surface area contributed by atoms with Crippen molar-refractivity contribution in [1.29, 1.82) is 0 Å². The summed E-state index contributed by atoms with van der Waals surface area (Å²) in [7, 11) is 0. The molecule has 3 fully saturated rings. The predicted octanol–water partition coefficient (Wildman–Crippen LogP) is 5.79. The van der Waals surface area contributed by atoms with Crippen molar-refractivity contribution in [3.8, 4) is 11.4 Å². The third kappa shape index (κ3) is 6.38. The van der Waals surface area contributed by atoms with Crippen LogP contribution in [-0.2, 0) is 4.74 Å².